The molecule has 0 aromatic rings. The Kier molecular flexibility index (Phi) is 28.8. The van der Waals surface area contributed by atoms with Crippen LogP contribution in [-0.4, -0.2) is 52.2 Å². The maximum atomic E-state index is 13.4. The molecular weight excluding hydrogens is 586 g/mol. The number of aliphatic carboxylic acids is 1. The Morgan fingerprint density at radius 3 is 1.02 bits per heavy atom. The van der Waals surface area contributed by atoms with Crippen LogP contribution in [0, 0.1) is 0 Å². The lowest BCUT2D eigenvalue weighted by atomic mass is 9.97. The number of esters is 1. The molecule has 0 radical (unpaired) electrons. The van der Waals surface area contributed by atoms with Gasteiger partial charge in [0.25, 0.3) is 5.54 Å². The van der Waals surface area contributed by atoms with E-state index in [4.69, 9.17) is 4.74 Å². The summed E-state index contributed by atoms with van der Waals surface area (Å²) in [5.41, 5.74) is -2.46. The van der Waals surface area contributed by atoms with Crippen molar-refractivity contribution in [1.29, 1.82) is 0 Å². The lowest BCUT2D eigenvalue weighted by Crippen LogP contribution is -2.65. The number of rotatable bonds is 32. The van der Waals surface area contributed by atoms with Crippen LogP contribution in [0.2, 0.25) is 0 Å². The Labute approximate surface area is 281 Å². The molecule has 0 aliphatic rings. The maximum absolute atomic E-state index is 13.4. The number of carboxylic acids is 1. The van der Waals surface area contributed by atoms with E-state index in [-0.39, 0.29) is 12.8 Å². The second-order valence-corrected chi connectivity index (χ2v) is 13.2. The second-order valence-electron chi connectivity index (χ2n) is 12.9. The minimum absolute atomic E-state index is 0.0158. The third kappa shape index (κ3) is 19.6. The summed E-state index contributed by atoms with van der Waals surface area (Å²) >= 11 is 4.12. The van der Waals surface area contributed by atoms with Gasteiger partial charge in [0, 0.05) is 18.6 Å². The highest BCUT2D eigenvalue weighted by Crippen LogP contribution is 2.25. The van der Waals surface area contributed by atoms with E-state index in [1.807, 2.05) is 0 Å². The van der Waals surface area contributed by atoms with E-state index in [1.165, 1.54) is 116 Å². The van der Waals surface area contributed by atoms with Crippen molar-refractivity contribution in [2.24, 2.45) is 0 Å². The Morgan fingerprint density at radius 1 is 0.533 bits per heavy atom. The molecule has 0 saturated carbocycles. The van der Waals surface area contributed by atoms with E-state index < -0.39 is 35.0 Å². The number of carboxylic acid groups (broad SMARTS) is 1. The smallest absolute Gasteiger partial charge is 0.344 e. The number of methoxy groups -OCH3 is 1. The lowest BCUT2D eigenvalue weighted by molar-refractivity contribution is -0.177. The van der Waals surface area contributed by atoms with E-state index in [2.05, 4.69) is 26.5 Å². The Bertz CT molecular complexity index is 734. The van der Waals surface area contributed by atoms with E-state index >= 15 is 0 Å². The number of amides is 2. The van der Waals surface area contributed by atoms with Crippen LogP contribution >= 0.6 is 12.6 Å². The van der Waals surface area contributed by atoms with Crippen LogP contribution in [0.1, 0.15) is 194 Å². The van der Waals surface area contributed by atoms with Gasteiger partial charge < -0.3 is 9.84 Å². The van der Waals surface area contributed by atoms with Crippen molar-refractivity contribution in [3.63, 3.8) is 0 Å². The van der Waals surface area contributed by atoms with Gasteiger partial charge in [-0.05, 0) is 12.8 Å². The Hall–Kier alpha value is -1.57. The van der Waals surface area contributed by atoms with Gasteiger partial charge in [-0.15, -0.1) is 0 Å². The monoisotopic (exact) mass is 655 g/mol. The number of nitrogens with zero attached hydrogens (tertiary/aromatic N) is 1. The molecule has 0 aliphatic heterocycles. The number of unbranched alkanes of at least 4 members (excludes halogenated alkanes) is 24. The summed E-state index contributed by atoms with van der Waals surface area (Å²) in [5.74, 6) is -4.56. The number of hydrogen-bond acceptors (Lipinski definition) is 6. The summed E-state index contributed by atoms with van der Waals surface area (Å²) in [5, 5.41) is 10.1. The topological polar surface area (TPSA) is 101 Å². The van der Waals surface area contributed by atoms with Crippen LogP contribution in [0.15, 0.2) is 0 Å². The van der Waals surface area contributed by atoms with Crippen LogP contribution in [0.25, 0.3) is 0 Å². The fourth-order valence-electron chi connectivity index (χ4n) is 6.02. The van der Waals surface area contributed by atoms with Crippen LogP contribution in [0.5, 0.6) is 0 Å². The summed E-state index contributed by atoms with van der Waals surface area (Å²) in [6, 6.07) is 0. The van der Waals surface area contributed by atoms with Gasteiger partial charge in [0.05, 0.1) is 7.11 Å². The van der Waals surface area contributed by atoms with Gasteiger partial charge in [-0.25, -0.2) is 9.59 Å². The fourth-order valence-corrected chi connectivity index (χ4v) is 6.43. The summed E-state index contributed by atoms with van der Waals surface area (Å²) in [7, 11) is 1.07. The molecule has 2 amide bonds. The quantitative estimate of drug-likeness (QED) is 0.0324. The van der Waals surface area contributed by atoms with Gasteiger partial charge in [-0.2, -0.15) is 12.6 Å². The average Bonchev–Trinajstić information content (AvgIpc) is 3.03. The van der Waals surface area contributed by atoms with Gasteiger partial charge in [-0.3, -0.25) is 14.5 Å². The van der Waals surface area contributed by atoms with Gasteiger partial charge in [0.1, 0.15) is 0 Å². The summed E-state index contributed by atoms with van der Waals surface area (Å²) < 4.78 is 4.78. The zero-order valence-corrected chi connectivity index (χ0v) is 30.3. The molecule has 7 nitrogen and oxygen atoms in total. The van der Waals surface area contributed by atoms with Gasteiger partial charge in [-0.1, -0.05) is 168 Å². The Morgan fingerprint density at radius 2 is 0.800 bits per heavy atom. The zero-order valence-electron chi connectivity index (χ0n) is 29.4. The van der Waals surface area contributed by atoms with Gasteiger partial charge in [0.2, 0.25) is 11.8 Å². The third-order valence-corrected chi connectivity index (χ3v) is 9.43. The molecule has 0 aromatic heterocycles. The number of imide groups is 1. The molecule has 8 heteroatoms. The first-order chi connectivity index (χ1) is 21.8. The van der Waals surface area contributed by atoms with Crippen LogP contribution in [-0.2, 0) is 23.9 Å². The molecule has 0 aromatic carbocycles. The molecule has 0 unspecified atom stereocenters. The predicted molar refractivity (Wildman–Crippen MR) is 189 cm³/mol. The minimum Gasteiger partial charge on any atom is -0.479 e. The Balaban J connectivity index is 4.64. The summed E-state index contributed by atoms with van der Waals surface area (Å²) in [6.45, 7) is 4.47. The molecule has 0 saturated heterocycles. The molecule has 264 valence electrons. The fraction of sp³-hybridized carbons (Fsp3) is 0.892. The number of hydrogen-bond donors (Lipinski definition) is 2. The second kappa shape index (κ2) is 29.8. The first-order valence-corrected chi connectivity index (χ1v) is 19.2. The largest absolute Gasteiger partial charge is 0.479 e. The number of ether oxygens (including phenoxy) is 1. The minimum atomic E-state index is -2.46. The van der Waals surface area contributed by atoms with Gasteiger partial charge in [0.15, 0.2) is 0 Å². The molecule has 0 heterocycles. The SMILES string of the molecule is CCCCCCCCCCCCCCCC(=O)N(C(=O)CCCCCCCCCCCCCCC)[C@@](CS)(C(=O)O)C(=O)OC. The summed E-state index contributed by atoms with van der Waals surface area (Å²) in [4.78, 5) is 52.5. The molecule has 0 aliphatic carbocycles. The molecular formula is C37H69NO6S. The summed E-state index contributed by atoms with van der Waals surface area (Å²) in [6.07, 6.45) is 30.2. The molecule has 45 heavy (non-hydrogen) atoms. The molecule has 1 atom stereocenters. The predicted octanol–water partition coefficient (Wildman–Crippen LogP) is 10.2. The van der Waals surface area contributed by atoms with Crippen molar-refractivity contribution in [2.45, 2.75) is 199 Å². The lowest BCUT2D eigenvalue weighted by Gasteiger charge is -2.35. The number of thiol groups is 1. The number of carbonyl (C=O) groups is 4. The van der Waals surface area contributed by atoms with Crippen LogP contribution < -0.4 is 0 Å². The standard InChI is InChI=1S/C37H69NO6S/c1-4-6-8-10-12-14-16-18-20-22-24-26-28-30-33(39)38(37(32-45,35(41)42)36(43)44-3)34(40)31-29-27-25-23-21-19-17-15-13-11-9-7-5-2/h45H,4-32H2,1-3H3,(H,41,42)/t37-/m0/s1. The molecule has 0 spiro atoms. The van der Waals surface area contributed by atoms with Crippen molar-refractivity contribution in [1.82, 2.24) is 4.90 Å². The maximum Gasteiger partial charge on any atom is 0.344 e. The van der Waals surface area contributed by atoms with Crippen molar-refractivity contribution in [3.8, 4) is 0 Å². The number of carbonyl (C=O) groups excluding carboxylic acids is 3. The van der Waals surface area contributed by atoms with E-state index in [0.29, 0.717) is 17.7 Å². The van der Waals surface area contributed by atoms with Crippen LogP contribution in [0.4, 0.5) is 0 Å². The highest BCUT2D eigenvalue weighted by Gasteiger charge is 2.56. The molecule has 0 fully saturated rings. The third-order valence-electron chi connectivity index (χ3n) is 8.97. The van der Waals surface area contributed by atoms with E-state index in [0.717, 1.165) is 45.6 Å². The normalized spacial score (nSPS) is 12.5. The van der Waals surface area contributed by atoms with Gasteiger partial charge >= 0.3 is 11.9 Å². The highest BCUT2D eigenvalue weighted by molar-refractivity contribution is 7.80. The molecule has 0 bridgehead atoms. The molecule has 1 N–H and O–H groups in total. The average molecular weight is 656 g/mol. The van der Waals surface area contributed by atoms with E-state index in [9.17, 15) is 24.3 Å². The van der Waals surface area contributed by atoms with E-state index in [1.54, 1.807) is 0 Å². The van der Waals surface area contributed by atoms with Crippen molar-refractivity contribution in [2.75, 3.05) is 12.9 Å². The highest BCUT2D eigenvalue weighted by atomic mass is 32.1. The zero-order chi connectivity index (χ0) is 33.6. The van der Waals surface area contributed by atoms with Crippen molar-refractivity contribution >= 4 is 36.4 Å². The first-order valence-electron chi connectivity index (χ1n) is 18.6. The van der Waals surface area contributed by atoms with Crippen molar-refractivity contribution < 1.29 is 29.0 Å². The van der Waals surface area contributed by atoms with Crippen molar-refractivity contribution in [3.05, 3.63) is 0 Å². The molecule has 0 rings (SSSR count). The first kappa shape index (κ1) is 43.4. The van der Waals surface area contributed by atoms with Crippen LogP contribution in [0.3, 0.4) is 0 Å².